The number of amides is 1. The van der Waals surface area contributed by atoms with Gasteiger partial charge in [-0.1, -0.05) is 0 Å². The smallest absolute Gasteiger partial charge is 0.236 e. The van der Waals surface area contributed by atoms with E-state index in [-0.39, 0.29) is 5.91 Å². The summed E-state index contributed by atoms with van der Waals surface area (Å²) in [5.74, 6) is 0.917. The van der Waals surface area contributed by atoms with Gasteiger partial charge in [0.2, 0.25) is 5.91 Å². The standard InChI is InChI=1S/C19H32N4O3/c1-20(2)19(25)15-21(3)13-17(24)14-22-9-11-23(12-10-22)16-5-7-18(26-4)8-6-16/h5-8,17,24H,9-15H2,1-4H3/t17-/m1/s1. The summed E-state index contributed by atoms with van der Waals surface area (Å²) in [6.07, 6.45) is -0.456. The minimum absolute atomic E-state index is 0.0489. The van der Waals surface area contributed by atoms with Crippen LogP contribution >= 0.6 is 0 Å². The molecule has 0 spiro atoms. The van der Waals surface area contributed by atoms with Crippen LogP contribution in [0.5, 0.6) is 5.75 Å². The molecule has 1 aromatic rings. The Morgan fingerprint density at radius 3 is 2.31 bits per heavy atom. The number of anilines is 1. The molecule has 1 aliphatic rings. The predicted molar refractivity (Wildman–Crippen MR) is 104 cm³/mol. The van der Waals surface area contributed by atoms with Gasteiger partial charge in [0.25, 0.3) is 0 Å². The van der Waals surface area contributed by atoms with E-state index >= 15 is 0 Å². The second kappa shape index (κ2) is 9.75. The Labute approximate surface area is 156 Å². The molecule has 0 unspecified atom stereocenters. The van der Waals surface area contributed by atoms with Crippen molar-refractivity contribution in [3.63, 3.8) is 0 Å². The van der Waals surface area contributed by atoms with E-state index in [4.69, 9.17) is 4.74 Å². The van der Waals surface area contributed by atoms with Crippen LogP contribution in [0.3, 0.4) is 0 Å². The van der Waals surface area contributed by atoms with E-state index in [1.807, 2.05) is 24.1 Å². The number of nitrogens with zero attached hydrogens (tertiary/aromatic N) is 4. The molecule has 0 radical (unpaired) electrons. The third kappa shape index (κ3) is 6.16. The highest BCUT2D eigenvalue weighted by molar-refractivity contribution is 5.77. The molecular formula is C19H32N4O3. The zero-order chi connectivity index (χ0) is 19.1. The lowest BCUT2D eigenvalue weighted by atomic mass is 10.2. The number of aliphatic hydroxyl groups is 1. The summed E-state index contributed by atoms with van der Waals surface area (Å²) in [5.41, 5.74) is 1.20. The Hall–Kier alpha value is -1.83. The molecule has 146 valence electrons. The number of β-amino-alcohol motifs (C(OH)–C–C–N with tert-alkyl or cyclic N) is 1. The van der Waals surface area contributed by atoms with E-state index in [9.17, 15) is 9.90 Å². The number of likely N-dealkylation sites (N-methyl/N-ethyl adjacent to an activating group) is 2. The zero-order valence-electron chi connectivity index (χ0n) is 16.4. The molecule has 1 heterocycles. The normalized spacial score (nSPS) is 16.6. The molecule has 0 bridgehead atoms. The lowest BCUT2D eigenvalue weighted by Crippen LogP contribution is -2.50. The molecule has 1 N–H and O–H groups in total. The molecule has 1 fully saturated rings. The first-order chi connectivity index (χ1) is 12.4. The second-order valence-electron chi connectivity index (χ2n) is 7.12. The van der Waals surface area contributed by atoms with Crippen molar-refractivity contribution in [2.75, 3.05) is 79.0 Å². The van der Waals surface area contributed by atoms with Crippen molar-refractivity contribution in [1.82, 2.24) is 14.7 Å². The summed E-state index contributed by atoms with van der Waals surface area (Å²) in [4.78, 5) is 19.8. The zero-order valence-corrected chi connectivity index (χ0v) is 16.4. The van der Waals surface area contributed by atoms with Gasteiger partial charge in [-0.05, 0) is 31.3 Å². The lowest BCUT2D eigenvalue weighted by molar-refractivity contribution is -0.129. The number of piperazine rings is 1. The van der Waals surface area contributed by atoms with Crippen LogP contribution in [-0.2, 0) is 4.79 Å². The Morgan fingerprint density at radius 1 is 1.15 bits per heavy atom. The molecule has 0 aromatic heterocycles. The highest BCUT2D eigenvalue weighted by atomic mass is 16.5. The van der Waals surface area contributed by atoms with E-state index < -0.39 is 6.10 Å². The van der Waals surface area contributed by atoms with Gasteiger partial charge >= 0.3 is 0 Å². The maximum Gasteiger partial charge on any atom is 0.236 e. The lowest BCUT2D eigenvalue weighted by Gasteiger charge is -2.37. The van der Waals surface area contributed by atoms with Crippen molar-refractivity contribution in [2.24, 2.45) is 0 Å². The Balaban J connectivity index is 1.72. The molecule has 1 atom stereocenters. The van der Waals surface area contributed by atoms with E-state index in [2.05, 4.69) is 21.9 Å². The van der Waals surface area contributed by atoms with Gasteiger partial charge in [0.05, 0.1) is 19.8 Å². The van der Waals surface area contributed by atoms with Crippen LogP contribution in [0.15, 0.2) is 24.3 Å². The molecule has 1 aliphatic heterocycles. The third-order valence-electron chi connectivity index (χ3n) is 4.71. The van der Waals surface area contributed by atoms with Crippen LogP contribution in [0.2, 0.25) is 0 Å². The molecule has 1 saturated heterocycles. The largest absolute Gasteiger partial charge is 0.497 e. The quantitative estimate of drug-likeness (QED) is 0.711. The number of methoxy groups -OCH3 is 1. The van der Waals surface area contributed by atoms with Gasteiger partial charge in [-0.15, -0.1) is 0 Å². The molecule has 1 amide bonds. The highest BCUT2D eigenvalue weighted by Crippen LogP contribution is 2.20. The molecule has 7 heteroatoms. The first-order valence-electron chi connectivity index (χ1n) is 9.07. The summed E-state index contributed by atoms with van der Waals surface area (Å²) in [6, 6.07) is 8.13. The summed E-state index contributed by atoms with van der Waals surface area (Å²) < 4.78 is 5.20. The molecule has 0 saturated carbocycles. The molecule has 7 nitrogen and oxygen atoms in total. The number of ether oxygens (including phenoxy) is 1. The number of hydrogen-bond acceptors (Lipinski definition) is 6. The van der Waals surface area contributed by atoms with Gasteiger partial charge in [-0.3, -0.25) is 14.6 Å². The minimum Gasteiger partial charge on any atom is -0.497 e. The summed E-state index contributed by atoms with van der Waals surface area (Å²) >= 11 is 0. The molecule has 1 aromatic carbocycles. The van der Waals surface area contributed by atoms with Gasteiger partial charge in [0.15, 0.2) is 0 Å². The number of aliphatic hydroxyl groups excluding tert-OH is 1. The van der Waals surface area contributed by atoms with E-state index in [1.54, 1.807) is 26.1 Å². The van der Waals surface area contributed by atoms with Gasteiger partial charge in [-0.25, -0.2) is 0 Å². The van der Waals surface area contributed by atoms with Gasteiger partial charge in [0, 0.05) is 59.1 Å². The molecule has 2 rings (SSSR count). The maximum absolute atomic E-state index is 11.7. The Kier molecular flexibility index (Phi) is 7.68. The van der Waals surface area contributed by atoms with Gasteiger partial charge in [0.1, 0.15) is 5.75 Å². The number of rotatable bonds is 8. The number of benzene rings is 1. The summed E-state index contributed by atoms with van der Waals surface area (Å²) in [5, 5.41) is 10.3. The molecule has 0 aliphatic carbocycles. The fraction of sp³-hybridized carbons (Fsp3) is 0.632. The van der Waals surface area contributed by atoms with E-state index in [1.165, 1.54) is 5.69 Å². The maximum atomic E-state index is 11.7. The van der Waals surface area contributed by atoms with Gasteiger partial charge in [-0.2, -0.15) is 0 Å². The average molecular weight is 364 g/mol. The first-order valence-corrected chi connectivity index (χ1v) is 9.07. The monoisotopic (exact) mass is 364 g/mol. The SMILES string of the molecule is COc1ccc(N2CCN(C[C@H](O)CN(C)CC(=O)N(C)C)CC2)cc1. The summed E-state index contributed by atoms with van der Waals surface area (Å²) in [6.45, 7) is 5.18. The van der Waals surface area contributed by atoms with Crippen molar-refractivity contribution in [2.45, 2.75) is 6.10 Å². The van der Waals surface area contributed by atoms with Crippen molar-refractivity contribution in [3.8, 4) is 5.75 Å². The number of carbonyl (C=O) groups is 1. The minimum atomic E-state index is -0.456. The Bertz CT molecular complexity index is 556. The molecular weight excluding hydrogens is 332 g/mol. The summed E-state index contributed by atoms with van der Waals surface area (Å²) in [7, 11) is 7.03. The van der Waals surface area contributed by atoms with Crippen LogP contribution in [0.4, 0.5) is 5.69 Å². The predicted octanol–water partition coefficient (Wildman–Crippen LogP) is 0.198. The highest BCUT2D eigenvalue weighted by Gasteiger charge is 2.20. The first kappa shape index (κ1) is 20.5. The Morgan fingerprint density at radius 2 is 1.77 bits per heavy atom. The van der Waals surface area contributed by atoms with Crippen molar-refractivity contribution in [3.05, 3.63) is 24.3 Å². The van der Waals surface area contributed by atoms with Crippen LogP contribution in [0, 0.1) is 0 Å². The van der Waals surface area contributed by atoms with Gasteiger partial charge < -0.3 is 19.6 Å². The fourth-order valence-electron chi connectivity index (χ4n) is 3.13. The number of hydrogen-bond donors (Lipinski definition) is 1. The van der Waals surface area contributed by atoms with Crippen molar-refractivity contribution in [1.29, 1.82) is 0 Å². The van der Waals surface area contributed by atoms with Crippen LogP contribution in [-0.4, -0.2) is 106 Å². The average Bonchev–Trinajstić information content (AvgIpc) is 2.62. The molecule has 26 heavy (non-hydrogen) atoms. The van der Waals surface area contributed by atoms with Crippen LogP contribution in [0.25, 0.3) is 0 Å². The second-order valence-corrected chi connectivity index (χ2v) is 7.12. The number of carbonyl (C=O) groups excluding carboxylic acids is 1. The van der Waals surface area contributed by atoms with Crippen LogP contribution in [0.1, 0.15) is 0 Å². The van der Waals surface area contributed by atoms with Crippen molar-refractivity contribution < 1.29 is 14.6 Å². The van der Waals surface area contributed by atoms with Crippen molar-refractivity contribution >= 4 is 11.6 Å². The van der Waals surface area contributed by atoms with Crippen LogP contribution < -0.4 is 9.64 Å². The topological polar surface area (TPSA) is 59.5 Å². The third-order valence-corrected chi connectivity index (χ3v) is 4.71. The van der Waals surface area contributed by atoms with E-state index in [0.29, 0.717) is 19.6 Å². The van der Waals surface area contributed by atoms with E-state index in [0.717, 1.165) is 31.9 Å². The fourth-order valence-corrected chi connectivity index (χ4v) is 3.13.